The van der Waals surface area contributed by atoms with Gasteiger partial charge in [-0.15, -0.1) is 0 Å². The van der Waals surface area contributed by atoms with Crippen LogP contribution in [0.15, 0.2) is 47.1 Å². The number of esters is 1. The molecule has 0 fully saturated rings. The van der Waals surface area contributed by atoms with Crippen LogP contribution in [-0.2, 0) is 11.3 Å². The molecule has 2 aromatic heterocycles. The Balaban J connectivity index is 1.96. The number of hydrogen-bond acceptors (Lipinski definition) is 5. The fraction of sp³-hybridized carbons (Fsp3) is 0.320. The molecule has 1 atom stereocenters. The number of ether oxygens (including phenoxy) is 1. The fourth-order valence-electron chi connectivity index (χ4n) is 3.69. The van der Waals surface area contributed by atoms with E-state index < -0.39 is 12.0 Å². The van der Waals surface area contributed by atoms with Gasteiger partial charge in [0.1, 0.15) is 11.5 Å². The summed E-state index contributed by atoms with van der Waals surface area (Å²) in [4.78, 5) is 43.6. The second kappa shape index (κ2) is 9.68. The summed E-state index contributed by atoms with van der Waals surface area (Å²) in [7, 11) is 0. The molecule has 0 aliphatic rings. The Morgan fingerprint density at radius 1 is 1.09 bits per heavy atom. The largest absolute Gasteiger partial charge is 0.467 e. The highest BCUT2D eigenvalue weighted by molar-refractivity contribution is 6.07. The first-order valence-electron chi connectivity index (χ1n) is 10.5. The molecule has 1 unspecified atom stereocenters. The number of rotatable bonds is 8. The molecule has 7 heteroatoms. The van der Waals surface area contributed by atoms with Gasteiger partial charge in [0.05, 0.1) is 25.5 Å². The zero-order valence-corrected chi connectivity index (χ0v) is 19.0. The van der Waals surface area contributed by atoms with Gasteiger partial charge in [0, 0.05) is 16.8 Å². The maximum Gasteiger partial charge on any atom is 0.355 e. The molecule has 1 amide bonds. The maximum atomic E-state index is 13.5. The van der Waals surface area contributed by atoms with Crippen LogP contribution in [0.2, 0.25) is 0 Å². The predicted octanol–water partition coefficient (Wildman–Crippen LogP) is 4.62. The lowest BCUT2D eigenvalue weighted by Crippen LogP contribution is -2.43. The number of amides is 1. The number of aromatic amines is 1. The van der Waals surface area contributed by atoms with E-state index in [4.69, 9.17) is 9.15 Å². The molecule has 168 valence electrons. The van der Waals surface area contributed by atoms with E-state index in [2.05, 4.69) is 4.98 Å². The van der Waals surface area contributed by atoms with Crippen molar-refractivity contribution in [1.82, 2.24) is 9.88 Å². The van der Waals surface area contributed by atoms with Crippen LogP contribution < -0.4 is 0 Å². The van der Waals surface area contributed by atoms with Gasteiger partial charge in [0.2, 0.25) is 0 Å². The van der Waals surface area contributed by atoms with Crippen molar-refractivity contribution in [2.45, 2.75) is 47.2 Å². The molecule has 2 heterocycles. The van der Waals surface area contributed by atoms with E-state index in [0.29, 0.717) is 28.1 Å². The number of H-pyrrole nitrogens is 1. The number of Topliss-reactive ketones (excluding diaryl/α,β-unsaturated/α-hetero) is 1. The lowest BCUT2D eigenvalue weighted by Gasteiger charge is -2.28. The monoisotopic (exact) mass is 436 g/mol. The molecule has 3 rings (SSSR count). The van der Waals surface area contributed by atoms with Crippen molar-refractivity contribution in [3.63, 3.8) is 0 Å². The summed E-state index contributed by atoms with van der Waals surface area (Å²) in [6.07, 6.45) is 1.53. The van der Waals surface area contributed by atoms with Gasteiger partial charge in [0.25, 0.3) is 5.91 Å². The molecule has 1 N–H and O–H groups in total. The molecule has 0 aliphatic carbocycles. The van der Waals surface area contributed by atoms with Crippen LogP contribution in [0.5, 0.6) is 0 Å². The van der Waals surface area contributed by atoms with E-state index in [1.54, 1.807) is 52.0 Å². The van der Waals surface area contributed by atoms with Crippen LogP contribution in [0, 0.1) is 20.8 Å². The van der Waals surface area contributed by atoms with Crippen LogP contribution >= 0.6 is 0 Å². The molecule has 1 aromatic carbocycles. The van der Waals surface area contributed by atoms with Gasteiger partial charge in [-0.1, -0.05) is 17.7 Å². The Labute approximate surface area is 187 Å². The van der Waals surface area contributed by atoms with E-state index in [1.165, 1.54) is 11.2 Å². The smallest absolute Gasteiger partial charge is 0.355 e. The molecule has 0 aliphatic heterocycles. The number of aromatic nitrogens is 1. The minimum Gasteiger partial charge on any atom is -0.467 e. The molecule has 3 aromatic rings. The number of ketones is 1. The van der Waals surface area contributed by atoms with Crippen molar-refractivity contribution in [1.29, 1.82) is 0 Å². The first-order chi connectivity index (χ1) is 15.2. The van der Waals surface area contributed by atoms with Gasteiger partial charge in [-0.3, -0.25) is 9.59 Å². The number of carbonyl (C=O) groups is 3. The Hall–Kier alpha value is -3.61. The van der Waals surface area contributed by atoms with E-state index in [1.807, 2.05) is 19.1 Å². The van der Waals surface area contributed by atoms with Crippen LogP contribution in [-0.4, -0.2) is 40.2 Å². The Bertz CT molecular complexity index is 1110. The molecular weight excluding hydrogens is 408 g/mol. The average molecular weight is 437 g/mol. The maximum absolute atomic E-state index is 13.5. The van der Waals surface area contributed by atoms with Crippen molar-refractivity contribution < 1.29 is 23.5 Å². The highest BCUT2D eigenvalue weighted by Crippen LogP contribution is 2.24. The van der Waals surface area contributed by atoms with E-state index in [9.17, 15) is 14.4 Å². The van der Waals surface area contributed by atoms with Crippen molar-refractivity contribution in [2.24, 2.45) is 0 Å². The summed E-state index contributed by atoms with van der Waals surface area (Å²) >= 11 is 0. The summed E-state index contributed by atoms with van der Waals surface area (Å²) in [5, 5.41) is 0. The van der Waals surface area contributed by atoms with Crippen LogP contribution in [0.3, 0.4) is 0 Å². The number of nitrogens with one attached hydrogen (secondary N) is 1. The molecule has 32 heavy (non-hydrogen) atoms. The van der Waals surface area contributed by atoms with E-state index in [0.717, 1.165) is 5.56 Å². The number of carbonyl (C=O) groups excluding carboxylic acids is 3. The van der Waals surface area contributed by atoms with Gasteiger partial charge in [0.15, 0.2) is 5.78 Å². The van der Waals surface area contributed by atoms with Gasteiger partial charge < -0.3 is 19.0 Å². The third-order valence-electron chi connectivity index (χ3n) is 5.48. The SMILES string of the molecule is CCOC(=O)c1[nH]c(C)c(C(=O)C(C)N(Cc2ccco2)C(=O)c2ccc(C)cc2)c1C. The zero-order valence-electron chi connectivity index (χ0n) is 19.0. The Morgan fingerprint density at radius 2 is 1.78 bits per heavy atom. The molecule has 0 spiro atoms. The Morgan fingerprint density at radius 3 is 2.38 bits per heavy atom. The second-order valence-electron chi connectivity index (χ2n) is 7.76. The number of benzene rings is 1. The summed E-state index contributed by atoms with van der Waals surface area (Å²) in [6, 6.07) is 9.91. The third kappa shape index (κ3) is 4.66. The van der Waals surface area contributed by atoms with Crippen molar-refractivity contribution >= 4 is 17.7 Å². The van der Waals surface area contributed by atoms with Gasteiger partial charge in [-0.25, -0.2) is 4.79 Å². The van der Waals surface area contributed by atoms with Crippen LogP contribution in [0.25, 0.3) is 0 Å². The second-order valence-corrected chi connectivity index (χ2v) is 7.76. The van der Waals surface area contributed by atoms with Gasteiger partial charge in [-0.2, -0.15) is 0 Å². The summed E-state index contributed by atoms with van der Waals surface area (Å²) in [5.74, 6) is -0.486. The first kappa shape index (κ1) is 23.1. The molecule has 0 saturated heterocycles. The van der Waals surface area contributed by atoms with Crippen molar-refractivity contribution in [3.8, 4) is 0 Å². The lowest BCUT2D eigenvalue weighted by atomic mass is 9.99. The standard InChI is InChI=1S/C25H28N2O5/c1-6-31-25(30)22-16(3)21(17(4)26-22)23(28)18(5)27(14-20-8-7-13-32-20)24(29)19-11-9-15(2)10-12-19/h7-13,18,26H,6,14H2,1-5H3. The molecule has 0 radical (unpaired) electrons. The van der Waals surface area contributed by atoms with Crippen LogP contribution in [0.1, 0.15) is 67.6 Å². The first-order valence-corrected chi connectivity index (χ1v) is 10.5. The van der Waals surface area contributed by atoms with Crippen molar-refractivity contribution in [3.05, 3.63) is 82.1 Å². The summed E-state index contributed by atoms with van der Waals surface area (Å²) in [6.45, 7) is 9.16. The zero-order chi connectivity index (χ0) is 23.4. The van der Waals surface area contributed by atoms with E-state index >= 15 is 0 Å². The highest BCUT2D eigenvalue weighted by Gasteiger charge is 2.32. The molecular formula is C25H28N2O5. The average Bonchev–Trinajstić information content (AvgIpc) is 3.38. The highest BCUT2D eigenvalue weighted by atomic mass is 16.5. The summed E-state index contributed by atoms with van der Waals surface area (Å²) in [5.41, 5.74) is 3.23. The number of hydrogen-bond donors (Lipinski definition) is 1. The topological polar surface area (TPSA) is 92.6 Å². The third-order valence-corrected chi connectivity index (χ3v) is 5.48. The normalized spacial score (nSPS) is 11.8. The minimum absolute atomic E-state index is 0.139. The number of nitrogens with zero attached hydrogens (tertiary/aromatic N) is 1. The molecule has 7 nitrogen and oxygen atoms in total. The molecule has 0 saturated carbocycles. The van der Waals surface area contributed by atoms with Gasteiger partial charge >= 0.3 is 5.97 Å². The number of aryl methyl sites for hydroxylation is 2. The van der Waals surface area contributed by atoms with Gasteiger partial charge in [-0.05, 0) is 64.4 Å². The minimum atomic E-state index is -0.794. The van der Waals surface area contributed by atoms with Crippen LogP contribution in [0.4, 0.5) is 0 Å². The lowest BCUT2D eigenvalue weighted by molar-refractivity contribution is 0.0518. The van der Waals surface area contributed by atoms with E-state index in [-0.39, 0.29) is 30.5 Å². The van der Waals surface area contributed by atoms with Crippen molar-refractivity contribution in [2.75, 3.05) is 6.61 Å². The quantitative estimate of drug-likeness (QED) is 0.411. The predicted molar refractivity (Wildman–Crippen MR) is 120 cm³/mol. The Kier molecular flexibility index (Phi) is 6.98. The molecule has 0 bridgehead atoms. The summed E-state index contributed by atoms with van der Waals surface area (Å²) < 4.78 is 10.5. The number of furan rings is 1. The fourth-order valence-corrected chi connectivity index (χ4v) is 3.69.